The molecule has 0 aliphatic carbocycles. The van der Waals surface area contributed by atoms with Crippen molar-refractivity contribution in [2.24, 2.45) is 5.73 Å². The lowest BCUT2D eigenvalue weighted by molar-refractivity contribution is -0.117. The number of hydrogen-bond donors (Lipinski definition) is 2. The van der Waals surface area contributed by atoms with Gasteiger partial charge in [0.15, 0.2) is 0 Å². The second-order valence-corrected chi connectivity index (χ2v) is 4.11. The minimum Gasteiger partial charge on any atom is -0.497 e. The zero-order valence-electron chi connectivity index (χ0n) is 10.7. The molecule has 3 N–H and O–H groups in total. The summed E-state index contributed by atoms with van der Waals surface area (Å²) in [5.41, 5.74) is 7.36. The van der Waals surface area contributed by atoms with E-state index in [9.17, 15) is 4.79 Å². The van der Waals surface area contributed by atoms with Gasteiger partial charge in [-0.1, -0.05) is 36.4 Å². The molecule has 4 heteroatoms. The van der Waals surface area contributed by atoms with Crippen molar-refractivity contribution < 1.29 is 9.53 Å². The highest BCUT2D eigenvalue weighted by Crippen LogP contribution is 2.18. The molecule has 4 nitrogen and oxygen atoms in total. The number of hydrogen-bond acceptors (Lipinski definition) is 3. The van der Waals surface area contributed by atoms with Crippen LogP contribution in [0.2, 0.25) is 0 Å². The number of nitrogens with two attached hydrogens (primary N) is 1. The number of nitrogens with one attached hydrogen (secondary N) is 1. The first-order valence-corrected chi connectivity index (χ1v) is 5.96. The highest BCUT2D eigenvalue weighted by atomic mass is 16.5. The van der Waals surface area contributed by atoms with Crippen molar-refractivity contribution in [1.82, 2.24) is 0 Å². The fourth-order valence-electron chi connectivity index (χ4n) is 1.73. The van der Waals surface area contributed by atoms with Crippen LogP contribution in [0.4, 0.5) is 5.69 Å². The molecule has 0 bridgehead atoms. The summed E-state index contributed by atoms with van der Waals surface area (Å²) < 4.78 is 5.10. The van der Waals surface area contributed by atoms with E-state index in [0.29, 0.717) is 11.4 Å². The molecule has 0 fully saturated rings. The van der Waals surface area contributed by atoms with Crippen LogP contribution in [-0.4, -0.2) is 13.0 Å². The maximum Gasteiger partial charge on any atom is 0.245 e. The summed E-state index contributed by atoms with van der Waals surface area (Å²) in [7, 11) is 1.58. The molecule has 1 unspecified atom stereocenters. The highest BCUT2D eigenvalue weighted by molar-refractivity contribution is 5.95. The molecule has 2 rings (SSSR count). The van der Waals surface area contributed by atoms with Crippen LogP contribution in [0.5, 0.6) is 5.75 Å². The van der Waals surface area contributed by atoms with Crippen LogP contribution >= 0.6 is 0 Å². The van der Waals surface area contributed by atoms with E-state index in [-0.39, 0.29) is 5.91 Å². The summed E-state index contributed by atoms with van der Waals surface area (Å²) >= 11 is 0. The number of carbonyl (C=O) groups excluding carboxylic acids is 1. The Kier molecular flexibility index (Phi) is 4.15. The lowest BCUT2D eigenvalue weighted by Gasteiger charge is -2.13. The molecule has 0 aromatic heterocycles. The second kappa shape index (κ2) is 6.02. The minimum absolute atomic E-state index is 0.251. The Labute approximate surface area is 112 Å². The van der Waals surface area contributed by atoms with Gasteiger partial charge >= 0.3 is 0 Å². The second-order valence-electron chi connectivity index (χ2n) is 4.11. The molecule has 0 spiro atoms. The molecule has 2 aromatic rings. The van der Waals surface area contributed by atoms with E-state index >= 15 is 0 Å². The van der Waals surface area contributed by atoms with Crippen molar-refractivity contribution in [3.8, 4) is 5.75 Å². The molecule has 0 heterocycles. The van der Waals surface area contributed by atoms with Crippen molar-refractivity contribution in [3.05, 3.63) is 60.2 Å². The van der Waals surface area contributed by atoms with E-state index in [0.717, 1.165) is 5.56 Å². The van der Waals surface area contributed by atoms with Crippen LogP contribution in [-0.2, 0) is 4.79 Å². The topological polar surface area (TPSA) is 64.3 Å². The number of carbonyl (C=O) groups is 1. The molecule has 1 atom stereocenters. The third-order valence-corrected chi connectivity index (χ3v) is 2.78. The van der Waals surface area contributed by atoms with Crippen molar-refractivity contribution in [1.29, 1.82) is 0 Å². The minimum atomic E-state index is -0.688. The lowest BCUT2D eigenvalue weighted by Crippen LogP contribution is -2.27. The monoisotopic (exact) mass is 256 g/mol. The van der Waals surface area contributed by atoms with Crippen LogP contribution in [0.3, 0.4) is 0 Å². The van der Waals surface area contributed by atoms with Gasteiger partial charge in [-0.05, 0) is 17.7 Å². The molecule has 98 valence electrons. The van der Waals surface area contributed by atoms with Gasteiger partial charge in [-0.2, -0.15) is 0 Å². The normalized spacial score (nSPS) is 11.7. The summed E-state index contributed by atoms with van der Waals surface area (Å²) in [4.78, 5) is 12.0. The van der Waals surface area contributed by atoms with Crippen LogP contribution in [0, 0.1) is 0 Å². The van der Waals surface area contributed by atoms with Crippen LogP contribution < -0.4 is 15.8 Å². The van der Waals surface area contributed by atoms with Crippen molar-refractivity contribution in [2.45, 2.75) is 6.04 Å². The smallest absolute Gasteiger partial charge is 0.245 e. The Hall–Kier alpha value is -2.33. The van der Waals surface area contributed by atoms with Gasteiger partial charge in [0.2, 0.25) is 5.91 Å². The largest absolute Gasteiger partial charge is 0.497 e. The van der Waals surface area contributed by atoms with Gasteiger partial charge in [0.25, 0.3) is 0 Å². The Bertz CT molecular complexity index is 555. The maximum absolute atomic E-state index is 12.0. The number of benzene rings is 2. The highest BCUT2D eigenvalue weighted by Gasteiger charge is 2.15. The molecule has 0 saturated carbocycles. The Morgan fingerprint density at radius 1 is 1.16 bits per heavy atom. The molecular formula is C15H16N2O2. The first-order valence-electron chi connectivity index (χ1n) is 5.96. The lowest BCUT2D eigenvalue weighted by atomic mass is 10.1. The number of methoxy groups -OCH3 is 1. The molecule has 0 aliphatic rings. The van der Waals surface area contributed by atoms with Crippen LogP contribution in [0.15, 0.2) is 54.6 Å². The Morgan fingerprint density at radius 2 is 1.89 bits per heavy atom. The average molecular weight is 256 g/mol. The SMILES string of the molecule is COc1cccc(NC(=O)C(N)c2ccccc2)c1. The number of ether oxygens (including phenoxy) is 1. The first-order chi connectivity index (χ1) is 9.20. The van der Waals surface area contributed by atoms with E-state index in [1.54, 1.807) is 19.2 Å². The van der Waals surface area contributed by atoms with E-state index in [2.05, 4.69) is 5.32 Å². The predicted molar refractivity (Wildman–Crippen MR) is 75.0 cm³/mol. The average Bonchev–Trinajstić information content (AvgIpc) is 2.47. The molecule has 0 saturated heterocycles. The quantitative estimate of drug-likeness (QED) is 0.882. The zero-order chi connectivity index (χ0) is 13.7. The van der Waals surface area contributed by atoms with Gasteiger partial charge in [-0.15, -0.1) is 0 Å². The van der Waals surface area contributed by atoms with Gasteiger partial charge in [-0.3, -0.25) is 4.79 Å². The van der Waals surface area contributed by atoms with Crippen LogP contribution in [0.25, 0.3) is 0 Å². The van der Waals surface area contributed by atoms with E-state index in [4.69, 9.17) is 10.5 Å². The van der Waals surface area contributed by atoms with E-state index in [1.165, 1.54) is 0 Å². The Morgan fingerprint density at radius 3 is 2.58 bits per heavy atom. The maximum atomic E-state index is 12.0. The van der Waals surface area contributed by atoms with Gasteiger partial charge < -0.3 is 15.8 Å². The van der Waals surface area contributed by atoms with Gasteiger partial charge in [0.1, 0.15) is 11.8 Å². The number of anilines is 1. The predicted octanol–water partition coefficient (Wildman–Crippen LogP) is 2.33. The fourth-order valence-corrected chi connectivity index (χ4v) is 1.73. The molecule has 0 aliphatic heterocycles. The fraction of sp³-hybridized carbons (Fsp3) is 0.133. The van der Waals surface area contributed by atoms with E-state index < -0.39 is 6.04 Å². The van der Waals surface area contributed by atoms with Gasteiger partial charge in [0.05, 0.1) is 7.11 Å². The summed E-state index contributed by atoms with van der Waals surface area (Å²) in [6, 6.07) is 15.7. The molecule has 2 aromatic carbocycles. The number of amides is 1. The van der Waals surface area contributed by atoms with Crippen molar-refractivity contribution in [3.63, 3.8) is 0 Å². The van der Waals surface area contributed by atoms with Crippen molar-refractivity contribution in [2.75, 3.05) is 12.4 Å². The zero-order valence-corrected chi connectivity index (χ0v) is 10.7. The number of rotatable bonds is 4. The molecule has 1 amide bonds. The molecule has 19 heavy (non-hydrogen) atoms. The Balaban J connectivity index is 2.08. The summed E-state index contributed by atoms with van der Waals surface area (Å²) in [5, 5.41) is 2.77. The summed E-state index contributed by atoms with van der Waals surface area (Å²) in [6.07, 6.45) is 0. The summed E-state index contributed by atoms with van der Waals surface area (Å²) in [6.45, 7) is 0. The molecule has 0 radical (unpaired) electrons. The third kappa shape index (κ3) is 3.33. The van der Waals surface area contributed by atoms with Gasteiger partial charge in [-0.25, -0.2) is 0 Å². The standard InChI is InChI=1S/C15H16N2O2/c1-19-13-9-5-8-12(10-13)17-15(18)14(16)11-6-3-2-4-7-11/h2-10,14H,16H2,1H3,(H,17,18). The van der Waals surface area contributed by atoms with E-state index in [1.807, 2.05) is 42.5 Å². The van der Waals surface area contributed by atoms with Gasteiger partial charge in [0, 0.05) is 11.8 Å². The third-order valence-electron chi connectivity index (χ3n) is 2.78. The summed E-state index contributed by atoms with van der Waals surface area (Å²) in [5.74, 6) is 0.436. The first kappa shape index (κ1) is 13.1. The van der Waals surface area contributed by atoms with Crippen molar-refractivity contribution >= 4 is 11.6 Å². The van der Waals surface area contributed by atoms with Crippen LogP contribution in [0.1, 0.15) is 11.6 Å². The molecular weight excluding hydrogens is 240 g/mol.